The van der Waals surface area contributed by atoms with Crippen molar-refractivity contribution in [3.63, 3.8) is 0 Å². The number of benzene rings is 2. The third-order valence-electron chi connectivity index (χ3n) is 7.01. The molecule has 3 rings (SSSR count). The van der Waals surface area contributed by atoms with Crippen LogP contribution in [0, 0.1) is 20.8 Å². The zero-order chi connectivity index (χ0) is 30.4. The maximum atomic E-state index is 13.4. The summed E-state index contributed by atoms with van der Waals surface area (Å²) in [5, 5.41) is 0. The standard InChI is InChI=1S/C35H34F6/c1-23-9-12-30(13-10-23)31(19-20-34(36,37)38)16-14-28-7-6-8-29(27(28)5)15-17-32(22-26(4)35(39,40)41)33-18-11-24(2)21-25(33)3/h9-22H,4,6-8H2,1-3,5H3/b17-15+,20-19?,28-14+,31-16+,32-22-. The Kier molecular flexibility index (Phi) is 10.2. The fourth-order valence-corrected chi connectivity index (χ4v) is 4.65. The molecule has 0 nitrogen and oxygen atoms in total. The van der Waals surface area contributed by atoms with Crippen LogP contribution in [0.15, 0.2) is 114 Å². The largest absolute Gasteiger partial charge is 0.415 e. The predicted molar refractivity (Wildman–Crippen MR) is 157 cm³/mol. The van der Waals surface area contributed by atoms with Gasteiger partial charge >= 0.3 is 12.4 Å². The summed E-state index contributed by atoms with van der Waals surface area (Å²) in [5.74, 6) is 0. The van der Waals surface area contributed by atoms with Gasteiger partial charge in [0.15, 0.2) is 0 Å². The van der Waals surface area contributed by atoms with Crippen LogP contribution in [-0.2, 0) is 0 Å². The van der Waals surface area contributed by atoms with Crippen molar-refractivity contribution in [3.05, 3.63) is 142 Å². The lowest BCUT2D eigenvalue weighted by molar-refractivity contribution is -0.0878. The van der Waals surface area contributed by atoms with Crippen LogP contribution in [0.25, 0.3) is 11.1 Å². The molecule has 0 saturated heterocycles. The van der Waals surface area contributed by atoms with Gasteiger partial charge in [-0.3, -0.25) is 0 Å². The molecule has 0 spiro atoms. The summed E-state index contributed by atoms with van der Waals surface area (Å²) >= 11 is 0. The second-order valence-electron chi connectivity index (χ2n) is 10.3. The number of aryl methyl sites for hydroxylation is 3. The summed E-state index contributed by atoms with van der Waals surface area (Å²) in [4.78, 5) is 0. The molecule has 0 saturated carbocycles. The second-order valence-corrected chi connectivity index (χ2v) is 10.3. The molecule has 0 heterocycles. The lowest BCUT2D eigenvalue weighted by Gasteiger charge is -2.19. The zero-order valence-electron chi connectivity index (χ0n) is 23.7. The maximum absolute atomic E-state index is 13.4. The number of alkyl halides is 6. The van der Waals surface area contributed by atoms with Crippen molar-refractivity contribution in [1.29, 1.82) is 0 Å². The van der Waals surface area contributed by atoms with Crippen LogP contribution in [0.3, 0.4) is 0 Å². The molecule has 0 aliphatic heterocycles. The van der Waals surface area contributed by atoms with Gasteiger partial charge in [0, 0.05) is 11.6 Å². The lowest BCUT2D eigenvalue weighted by Crippen LogP contribution is -2.09. The van der Waals surface area contributed by atoms with E-state index < -0.39 is 17.9 Å². The molecule has 0 amide bonds. The fourth-order valence-electron chi connectivity index (χ4n) is 4.65. The van der Waals surface area contributed by atoms with Crippen LogP contribution < -0.4 is 0 Å². The van der Waals surface area contributed by atoms with E-state index in [2.05, 4.69) is 6.58 Å². The molecule has 41 heavy (non-hydrogen) atoms. The Labute approximate surface area is 238 Å². The van der Waals surface area contributed by atoms with Gasteiger partial charge in [0.1, 0.15) is 0 Å². The van der Waals surface area contributed by atoms with E-state index in [0.717, 1.165) is 64.8 Å². The first-order valence-corrected chi connectivity index (χ1v) is 13.3. The Morgan fingerprint density at radius 1 is 0.805 bits per heavy atom. The Morgan fingerprint density at radius 2 is 1.46 bits per heavy atom. The quantitative estimate of drug-likeness (QED) is 0.230. The molecule has 2 aromatic rings. The molecule has 0 atom stereocenters. The number of hydrogen-bond acceptors (Lipinski definition) is 0. The summed E-state index contributed by atoms with van der Waals surface area (Å²) in [6.45, 7) is 10.8. The van der Waals surface area contributed by atoms with Gasteiger partial charge < -0.3 is 0 Å². The summed E-state index contributed by atoms with van der Waals surface area (Å²) in [6, 6.07) is 12.9. The van der Waals surface area contributed by atoms with Crippen molar-refractivity contribution < 1.29 is 26.3 Å². The molecule has 1 aliphatic carbocycles. The van der Waals surface area contributed by atoms with Crippen LogP contribution in [0.2, 0.25) is 0 Å². The van der Waals surface area contributed by atoms with E-state index in [0.29, 0.717) is 22.3 Å². The third kappa shape index (κ3) is 9.38. The number of halogens is 6. The van der Waals surface area contributed by atoms with Gasteiger partial charge in [0.05, 0.1) is 0 Å². The first-order valence-electron chi connectivity index (χ1n) is 13.3. The van der Waals surface area contributed by atoms with Crippen LogP contribution in [0.4, 0.5) is 26.3 Å². The molecular weight excluding hydrogens is 534 g/mol. The molecule has 0 N–H and O–H groups in total. The first kappa shape index (κ1) is 31.7. The van der Waals surface area contributed by atoms with E-state index in [1.165, 1.54) is 0 Å². The molecule has 1 aliphatic rings. The normalized spacial score (nSPS) is 16.9. The zero-order valence-corrected chi connectivity index (χ0v) is 23.7. The molecule has 6 heteroatoms. The van der Waals surface area contributed by atoms with E-state index in [1.807, 2.05) is 70.2 Å². The molecule has 2 aromatic carbocycles. The minimum Gasteiger partial charge on any atom is -0.167 e. The summed E-state index contributed by atoms with van der Waals surface area (Å²) in [6.07, 6.45) is 2.73. The first-order chi connectivity index (χ1) is 19.1. The van der Waals surface area contributed by atoms with Crippen molar-refractivity contribution in [1.82, 2.24) is 0 Å². The van der Waals surface area contributed by atoms with Gasteiger partial charge in [0.2, 0.25) is 0 Å². The molecule has 0 unspecified atom stereocenters. The van der Waals surface area contributed by atoms with Crippen LogP contribution in [-0.4, -0.2) is 12.4 Å². The van der Waals surface area contributed by atoms with E-state index in [1.54, 1.807) is 24.3 Å². The smallest absolute Gasteiger partial charge is 0.167 e. The number of rotatable bonds is 7. The fraction of sp³-hybridized carbons (Fsp3) is 0.257. The van der Waals surface area contributed by atoms with Gasteiger partial charge in [-0.05, 0) is 104 Å². The average molecular weight is 569 g/mol. The van der Waals surface area contributed by atoms with Crippen LogP contribution in [0.1, 0.15) is 54.0 Å². The van der Waals surface area contributed by atoms with Gasteiger partial charge in [-0.25, -0.2) is 0 Å². The SMILES string of the molecule is C=C(/C=C(/C=C/C1=C(C)C(=C/C=C(\C=CC(F)(F)F)c2ccc(C)cc2)/CCC1)c1ccc(C)cc1C)C(F)(F)F. The summed E-state index contributed by atoms with van der Waals surface area (Å²) in [5.41, 5.74) is 7.00. The summed E-state index contributed by atoms with van der Waals surface area (Å²) < 4.78 is 78.9. The Morgan fingerprint density at radius 3 is 2.07 bits per heavy atom. The third-order valence-corrected chi connectivity index (χ3v) is 7.01. The van der Waals surface area contributed by atoms with Crippen molar-refractivity contribution >= 4 is 11.1 Å². The van der Waals surface area contributed by atoms with Crippen molar-refractivity contribution in [2.45, 2.75) is 59.3 Å². The van der Waals surface area contributed by atoms with Gasteiger partial charge in [-0.2, -0.15) is 26.3 Å². The molecule has 0 bridgehead atoms. The maximum Gasteiger partial charge on any atom is 0.415 e. The van der Waals surface area contributed by atoms with E-state index in [-0.39, 0.29) is 6.08 Å². The van der Waals surface area contributed by atoms with Gasteiger partial charge in [-0.15, -0.1) is 0 Å². The highest BCUT2D eigenvalue weighted by Crippen LogP contribution is 2.34. The Hall–Kier alpha value is -3.80. The Bertz CT molecular complexity index is 1450. The number of allylic oxidation sites excluding steroid dienone is 13. The highest BCUT2D eigenvalue weighted by molar-refractivity contribution is 5.79. The lowest BCUT2D eigenvalue weighted by atomic mass is 9.86. The van der Waals surface area contributed by atoms with Crippen molar-refractivity contribution in [2.24, 2.45) is 0 Å². The average Bonchev–Trinajstić information content (AvgIpc) is 2.87. The molecule has 216 valence electrons. The molecule has 0 radical (unpaired) electrons. The highest BCUT2D eigenvalue weighted by Gasteiger charge is 2.30. The molecular formula is C35H34F6. The number of hydrogen-bond donors (Lipinski definition) is 0. The monoisotopic (exact) mass is 568 g/mol. The molecule has 0 aromatic heterocycles. The minimum atomic E-state index is -4.55. The predicted octanol–water partition coefficient (Wildman–Crippen LogP) is 11.3. The van der Waals surface area contributed by atoms with E-state index in [9.17, 15) is 26.3 Å². The minimum absolute atomic E-state index is 0.227. The Balaban J connectivity index is 2.03. The van der Waals surface area contributed by atoms with Crippen molar-refractivity contribution in [2.75, 3.05) is 0 Å². The van der Waals surface area contributed by atoms with Gasteiger partial charge in [-0.1, -0.05) is 84.5 Å². The van der Waals surface area contributed by atoms with Gasteiger partial charge in [0.25, 0.3) is 0 Å². The topological polar surface area (TPSA) is 0 Å². The highest BCUT2D eigenvalue weighted by atomic mass is 19.4. The van der Waals surface area contributed by atoms with Crippen molar-refractivity contribution in [3.8, 4) is 0 Å². The van der Waals surface area contributed by atoms with E-state index >= 15 is 0 Å². The molecule has 0 fully saturated rings. The van der Waals surface area contributed by atoms with Crippen LogP contribution >= 0.6 is 0 Å². The van der Waals surface area contributed by atoms with E-state index in [4.69, 9.17) is 0 Å². The summed E-state index contributed by atoms with van der Waals surface area (Å²) in [7, 11) is 0. The van der Waals surface area contributed by atoms with Crippen LogP contribution in [0.5, 0.6) is 0 Å². The second kappa shape index (κ2) is 13.2.